The zero-order chi connectivity index (χ0) is 15.9. The quantitative estimate of drug-likeness (QED) is 0.852. The van der Waals surface area contributed by atoms with Gasteiger partial charge in [-0.1, -0.05) is 6.07 Å². The van der Waals surface area contributed by atoms with Gasteiger partial charge >= 0.3 is 0 Å². The Morgan fingerprint density at radius 2 is 2.18 bits per heavy atom. The van der Waals surface area contributed by atoms with E-state index in [-0.39, 0.29) is 22.8 Å². The van der Waals surface area contributed by atoms with Gasteiger partial charge in [0.25, 0.3) is 5.91 Å². The number of carbonyl (C=O) groups is 1. The zero-order valence-corrected chi connectivity index (χ0v) is 13.3. The fourth-order valence-electron chi connectivity index (χ4n) is 2.70. The summed E-state index contributed by atoms with van der Waals surface area (Å²) in [5.74, 6) is -0.230. The van der Waals surface area contributed by atoms with Crippen molar-refractivity contribution in [3.05, 3.63) is 30.1 Å². The number of hydrogen-bond acceptors (Lipinski definition) is 5. The van der Waals surface area contributed by atoms with Crippen molar-refractivity contribution in [1.82, 2.24) is 19.6 Å². The van der Waals surface area contributed by atoms with Crippen molar-refractivity contribution in [2.24, 2.45) is 0 Å². The number of piperazine rings is 1. The molecule has 1 N–H and O–H groups in total. The van der Waals surface area contributed by atoms with Crippen molar-refractivity contribution in [3.63, 3.8) is 0 Å². The minimum Gasteiger partial charge on any atom is -0.334 e. The highest BCUT2D eigenvalue weighted by atomic mass is 32.2. The molecule has 22 heavy (non-hydrogen) atoms. The van der Waals surface area contributed by atoms with Crippen molar-refractivity contribution in [1.29, 1.82) is 0 Å². The van der Waals surface area contributed by atoms with Gasteiger partial charge < -0.3 is 10.2 Å². The number of fused-ring (bicyclic) bond motifs is 1. The molecule has 0 bridgehead atoms. The van der Waals surface area contributed by atoms with E-state index in [2.05, 4.69) is 10.3 Å². The summed E-state index contributed by atoms with van der Waals surface area (Å²) in [7, 11) is -3.51. The number of hydrogen-bond donors (Lipinski definition) is 1. The zero-order valence-electron chi connectivity index (χ0n) is 12.5. The number of imidazole rings is 1. The Balaban J connectivity index is 2.09. The van der Waals surface area contributed by atoms with Crippen LogP contribution >= 0.6 is 0 Å². The molecule has 0 aliphatic carbocycles. The summed E-state index contributed by atoms with van der Waals surface area (Å²) in [5.41, 5.74) is 0.703. The van der Waals surface area contributed by atoms with Gasteiger partial charge in [-0.05, 0) is 19.1 Å². The minimum absolute atomic E-state index is 0.102. The normalized spacial score (nSPS) is 19.5. The molecule has 1 fully saturated rings. The number of carbonyl (C=O) groups excluding carboxylic acids is 1. The molecule has 118 valence electrons. The second-order valence-corrected chi connectivity index (χ2v) is 7.49. The summed E-state index contributed by atoms with van der Waals surface area (Å²) in [5, 5.41) is 3.17. The summed E-state index contributed by atoms with van der Waals surface area (Å²) in [6, 6.07) is 5.40. The van der Waals surface area contributed by atoms with Crippen molar-refractivity contribution in [2.45, 2.75) is 18.1 Å². The number of aromatic nitrogens is 2. The summed E-state index contributed by atoms with van der Waals surface area (Å²) in [4.78, 5) is 18.6. The van der Waals surface area contributed by atoms with Gasteiger partial charge in [-0.25, -0.2) is 13.4 Å². The molecule has 0 saturated carbocycles. The van der Waals surface area contributed by atoms with Gasteiger partial charge in [0.1, 0.15) is 0 Å². The third-order valence-electron chi connectivity index (χ3n) is 3.71. The molecule has 1 aliphatic rings. The van der Waals surface area contributed by atoms with Gasteiger partial charge in [-0.2, -0.15) is 0 Å². The molecule has 0 spiro atoms. The summed E-state index contributed by atoms with van der Waals surface area (Å²) in [6.45, 7) is 3.90. The molecule has 1 saturated heterocycles. The van der Waals surface area contributed by atoms with E-state index in [0.717, 1.165) is 12.8 Å². The van der Waals surface area contributed by atoms with Crippen molar-refractivity contribution < 1.29 is 13.2 Å². The van der Waals surface area contributed by atoms with Crippen LogP contribution in [-0.4, -0.2) is 60.5 Å². The van der Waals surface area contributed by atoms with E-state index in [1.807, 2.05) is 6.92 Å². The van der Waals surface area contributed by atoms with Crippen molar-refractivity contribution in [2.75, 3.05) is 25.9 Å². The summed E-state index contributed by atoms with van der Waals surface area (Å²) < 4.78 is 25.2. The molecular weight excluding hydrogens is 304 g/mol. The van der Waals surface area contributed by atoms with Crippen LogP contribution in [0, 0.1) is 0 Å². The highest BCUT2D eigenvalue weighted by Crippen LogP contribution is 2.19. The van der Waals surface area contributed by atoms with Gasteiger partial charge in [0.05, 0.1) is 5.52 Å². The summed E-state index contributed by atoms with van der Waals surface area (Å²) in [6.07, 6.45) is 2.70. The molecule has 1 amide bonds. The maximum absolute atomic E-state index is 12.7. The van der Waals surface area contributed by atoms with Crippen molar-refractivity contribution in [3.8, 4) is 0 Å². The van der Waals surface area contributed by atoms with Crippen LogP contribution in [0.1, 0.15) is 17.4 Å². The highest BCUT2D eigenvalue weighted by Gasteiger charge is 2.28. The molecule has 8 heteroatoms. The fraction of sp³-hybridized carbons (Fsp3) is 0.429. The number of rotatable bonds is 2. The maximum atomic E-state index is 12.7. The average molecular weight is 322 g/mol. The molecule has 1 aliphatic heterocycles. The number of pyridine rings is 1. The van der Waals surface area contributed by atoms with E-state index in [1.54, 1.807) is 29.3 Å². The molecule has 2 aromatic rings. The molecular formula is C14H18N4O3S. The van der Waals surface area contributed by atoms with E-state index < -0.39 is 9.84 Å². The molecule has 7 nitrogen and oxygen atoms in total. The highest BCUT2D eigenvalue weighted by molar-refractivity contribution is 7.90. The second-order valence-electron chi connectivity index (χ2n) is 5.58. The third kappa shape index (κ3) is 2.59. The predicted octanol–water partition coefficient (Wildman–Crippen LogP) is 0.172. The summed E-state index contributed by atoms with van der Waals surface area (Å²) >= 11 is 0. The maximum Gasteiger partial charge on any atom is 0.274 e. The van der Waals surface area contributed by atoms with Crippen LogP contribution in [0.25, 0.3) is 5.52 Å². The Morgan fingerprint density at radius 3 is 2.86 bits per heavy atom. The van der Waals surface area contributed by atoms with Gasteiger partial charge in [0.15, 0.2) is 5.69 Å². The Bertz CT molecular complexity index is 828. The largest absolute Gasteiger partial charge is 0.334 e. The Kier molecular flexibility index (Phi) is 3.65. The first-order valence-electron chi connectivity index (χ1n) is 7.08. The molecule has 0 aromatic carbocycles. The number of sulfone groups is 1. The standard InChI is InChI=1S/C14H18N4O3S/c1-10-9-17(8-6-15-10)13(19)12-11-5-3-4-7-18(11)14(16-12)22(2,20)21/h3-5,7,10,15H,6,8-9H2,1-2H3. The van der Waals surface area contributed by atoms with Crippen LogP contribution in [0.4, 0.5) is 0 Å². The van der Waals surface area contributed by atoms with Crippen LogP contribution in [0.3, 0.4) is 0 Å². The third-order valence-corrected chi connectivity index (χ3v) is 4.66. The SMILES string of the molecule is CC1CN(C(=O)c2nc(S(C)(=O)=O)n3ccccc23)CCN1. The molecule has 2 aromatic heterocycles. The first-order chi connectivity index (χ1) is 10.4. The lowest BCUT2D eigenvalue weighted by Gasteiger charge is -2.31. The van der Waals surface area contributed by atoms with Crippen LogP contribution in [-0.2, 0) is 9.84 Å². The lowest BCUT2D eigenvalue weighted by molar-refractivity contribution is 0.0705. The predicted molar refractivity (Wildman–Crippen MR) is 81.7 cm³/mol. The van der Waals surface area contributed by atoms with Crippen molar-refractivity contribution >= 4 is 21.3 Å². The minimum atomic E-state index is -3.51. The van der Waals surface area contributed by atoms with Gasteiger partial charge in [-0.3, -0.25) is 9.20 Å². The first-order valence-corrected chi connectivity index (χ1v) is 8.97. The smallest absolute Gasteiger partial charge is 0.274 e. The van der Waals surface area contributed by atoms with E-state index in [1.165, 1.54) is 4.40 Å². The van der Waals surface area contributed by atoms with Crippen LogP contribution in [0.15, 0.2) is 29.6 Å². The molecule has 3 rings (SSSR count). The number of nitrogens with zero attached hydrogens (tertiary/aromatic N) is 3. The van der Waals surface area contributed by atoms with Gasteiger partial charge in [0.2, 0.25) is 15.0 Å². The lowest BCUT2D eigenvalue weighted by Crippen LogP contribution is -2.51. The lowest BCUT2D eigenvalue weighted by atomic mass is 10.2. The number of amides is 1. The monoisotopic (exact) mass is 322 g/mol. The van der Waals surface area contributed by atoms with E-state index in [0.29, 0.717) is 18.6 Å². The topological polar surface area (TPSA) is 83.8 Å². The Hall–Kier alpha value is -1.93. The Morgan fingerprint density at radius 1 is 1.41 bits per heavy atom. The molecule has 3 heterocycles. The van der Waals surface area contributed by atoms with Crippen LogP contribution in [0.2, 0.25) is 0 Å². The van der Waals surface area contributed by atoms with Crippen LogP contribution in [0.5, 0.6) is 0 Å². The molecule has 0 radical (unpaired) electrons. The van der Waals surface area contributed by atoms with Gasteiger partial charge in [-0.15, -0.1) is 0 Å². The Labute approximate surface area is 128 Å². The molecule has 1 unspecified atom stereocenters. The van der Waals surface area contributed by atoms with E-state index in [9.17, 15) is 13.2 Å². The van der Waals surface area contributed by atoms with E-state index in [4.69, 9.17) is 0 Å². The van der Waals surface area contributed by atoms with Crippen LogP contribution < -0.4 is 5.32 Å². The number of nitrogens with one attached hydrogen (secondary N) is 1. The van der Waals surface area contributed by atoms with E-state index >= 15 is 0 Å². The van der Waals surface area contributed by atoms with Gasteiger partial charge in [0, 0.05) is 38.1 Å². The first kappa shape index (κ1) is 15.0. The fourth-order valence-corrected chi connectivity index (χ4v) is 3.47. The average Bonchev–Trinajstić information content (AvgIpc) is 2.86. The molecule has 1 atom stereocenters. The second kappa shape index (κ2) is 5.36.